The molecule has 4 rings (SSSR count). The average molecular weight is 321 g/mol. The summed E-state index contributed by atoms with van der Waals surface area (Å²) in [4.78, 5) is 4.37. The van der Waals surface area contributed by atoms with Gasteiger partial charge in [-0.2, -0.15) is 5.10 Å². The van der Waals surface area contributed by atoms with Crippen molar-refractivity contribution in [3.05, 3.63) is 22.6 Å². The minimum atomic E-state index is 0.523. The summed E-state index contributed by atoms with van der Waals surface area (Å²) in [5.74, 6) is 0. The lowest BCUT2D eigenvalue weighted by Crippen LogP contribution is -2.39. The van der Waals surface area contributed by atoms with Crippen LogP contribution in [0.3, 0.4) is 0 Å². The topological polar surface area (TPSA) is 42.7 Å². The van der Waals surface area contributed by atoms with E-state index in [0.29, 0.717) is 18.1 Å². The van der Waals surface area contributed by atoms with E-state index in [1.807, 2.05) is 13.1 Å². The number of aromatic nitrogens is 3. The molecular formula is C14H17BrN4. The fourth-order valence-corrected chi connectivity index (χ4v) is 4.36. The number of hydrogen-bond acceptors (Lipinski definition) is 3. The Morgan fingerprint density at radius 2 is 2.05 bits per heavy atom. The third-order valence-electron chi connectivity index (χ3n) is 4.56. The van der Waals surface area contributed by atoms with Crippen molar-refractivity contribution in [2.75, 3.05) is 0 Å². The number of halogens is 1. The van der Waals surface area contributed by atoms with Gasteiger partial charge in [0, 0.05) is 24.0 Å². The van der Waals surface area contributed by atoms with Gasteiger partial charge < -0.3 is 5.32 Å². The van der Waals surface area contributed by atoms with Crippen molar-refractivity contribution in [3.63, 3.8) is 0 Å². The maximum absolute atomic E-state index is 4.74. The standard InChI is InChI=1S/C14H17BrN4/c1-8-13-12(4-5-16-8)19(18-14(13)15)11-6-9-2-3-10(7-11)17-9/h4-5,9-11,17H,2-3,6-7H2,1H3/t9-,10+,11?. The van der Waals surface area contributed by atoms with Crippen LogP contribution in [0.4, 0.5) is 0 Å². The summed E-state index contributed by atoms with van der Waals surface area (Å²) in [6.45, 7) is 2.05. The van der Waals surface area contributed by atoms with Gasteiger partial charge in [-0.3, -0.25) is 9.67 Å². The van der Waals surface area contributed by atoms with E-state index in [1.165, 1.54) is 31.2 Å². The Kier molecular flexibility index (Phi) is 2.67. The van der Waals surface area contributed by atoms with Crippen LogP contribution in [0.1, 0.15) is 37.4 Å². The second-order valence-corrected chi connectivity index (χ2v) is 6.54. The van der Waals surface area contributed by atoms with Crippen molar-refractivity contribution < 1.29 is 0 Å². The number of piperidine rings is 1. The molecule has 0 aromatic carbocycles. The molecule has 2 aromatic rings. The highest BCUT2D eigenvalue weighted by molar-refractivity contribution is 9.10. The molecule has 2 bridgehead atoms. The lowest BCUT2D eigenvalue weighted by atomic mass is 10.00. The molecular weight excluding hydrogens is 304 g/mol. The maximum atomic E-state index is 4.74. The molecule has 0 aliphatic carbocycles. The van der Waals surface area contributed by atoms with Crippen LogP contribution >= 0.6 is 15.9 Å². The molecule has 2 aliphatic heterocycles. The molecule has 19 heavy (non-hydrogen) atoms. The quantitative estimate of drug-likeness (QED) is 0.878. The molecule has 100 valence electrons. The first-order valence-corrected chi connectivity index (χ1v) is 7.77. The molecule has 3 atom stereocenters. The van der Waals surface area contributed by atoms with Gasteiger partial charge in [-0.05, 0) is 54.6 Å². The van der Waals surface area contributed by atoms with Gasteiger partial charge in [0.1, 0.15) is 4.60 Å². The lowest BCUT2D eigenvalue weighted by Gasteiger charge is -2.29. The zero-order valence-electron chi connectivity index (χ0n) is 10.9. The molecule has 2 aromatic heterocycles. The third kappa shape index (κ3) is 1.82. The highest BCUT2D eigenvalue weighted by Crippen LogP contribution is 2.37. The second-order valence-electron chi connectivity index (χ2n) is 5.79. The molecule has 1 N–H and O–H groups in total. The summed E-state index contributed by atoms with van der Waals surface area (Å²) in [6, 6.07) is 3.98. The molecule has 0 spiro atoms. The molecule has 0 amide bonds. The number of aryl methyl sites for hydroxylation is 1. The molecule has 4 nitrogen and oxygen atoms in total. The Balaban J connectivity index is 1.81. The van der Waals surface area contributed by atoms with Crippen LogP contribution in [0.5, 0.6) is 0 Å². The van der Waals surface area contributed by atoms with Gasteiger partial charge in [-0.25, -0.2) is 0 Å². The minimum absolute atomic E-state index is 0.523. The second kappa shape index (κ2) is 4.28. The highest BCUT2D eigenvalue weighted by Gasteiger charge is 2.35. The Morgan fingerprint density at radius 3 is 2.79 bits per heavy atom. The Morgan fingerprint density at radius 1 is 1.32 bits per heavy atom. The maximum Gasteiger partial charge on any atom is 0.137 e. The van der Waals surface area contributed by atoms with Gasteiger partial charge in [0.25, 0.3) is 0 Å². The van der Waals surface area contributed by atoms with Gasteiger partial charge in [-0.1, -0.05) is 0 Å². The normalized spacial score (nSPS) is 30.1. The van der Waals surface area contributed by atoms with Crippen molar-refractivity contribution in [2.24, 2.45) is 0 Å². The molecule has 0 radical (unpaired) electrons. The number of rotatable bonds is 1. The van der Waals surface area contributed by atoms with E-state index in [2.05, 4.69) is 37.0 Å². The molecule has 0 saturated carbocycles. The van der Waals surface area contributed by atoms with E-state index < -0.39 is 0 Å². The average Bonchev–Trinajstić information content (AvgIpc) is 2.91. The van der Waals surface area contributed by atoms with Crippen molar-refractivity contribution in [1.82, 2.24) is 20.1 Å². The van der Waals surface area contributed by atoms with Crippen molar-refractivity contribution in [3.8, 4) is 0 Å². The van der Waals surface area contributed by atoms with Gasteiger partial charge in [0.05, 0.1) is 16.9 Å². The summed E-state index contributed by atoms with van der Waals surface area (Å²) in [7, 11) is 0. The van der Waals surface area contributed by atoms with Crippen molar-refractivity contribution in [2.45, 2.75) is 50.7 Å². The number of pyridine rings is 1. The number of hydrogen-bond donors (Lipinski definition) is 1. The number of nitrogens with one attached hydrogen (secondary N) is 1. The summed E-state index contributed by atoms with van der Waals surface area (Å²) in [5.41, 5.74) is 2.26. The molecule has 2 fully saturated rings. The lowest BCUT2D eigenvalue weighted by molar-refractivity contribution is 0.287. The van der Waals surface area contributed by atoms with E-state index in [9.17, 15) is 0 Å². The number of fused-ring (bicyclic) bond motifs is 3. The smallest absolute Gasteiger partial charge is 0.137 e. The zero-order valence-corrected chi connectivity index (χ0v) is 12.5. The monoisotopic (exact) mass is 320 g/mol. The molecule has 2 aliphatic rings. The summed E-state index contributed by atoms with van der Waals surface area (Å²) in [6.07, 6.45) is 6.92. The molecule has 1 unspecified atom stereocenters. The largest absolute Gasteiger partial charge is 0.311 e. The van der Waals surface area contributed by atoms with Crippen LogP contribution in [0.15, 0.2) is 16.9 Å². The van der Waals surface area contributed by atoms with Crippen LogP contribution in [0.25, 0.3) is 10.9 Å². The van der Waals surface area contributed by atoms with Crippen LogP contribution in [0, 0.1) is 6.92 Å². The summed E-state index contributed by atoms with van der Waals surface area (Å²) < 4.78 is 3.15. The van der Waals surface area contributed by atoms with Crippen molar-refractivity contribution in [1.29, 1.82) is 0 Å². The van der Waals surface area contributed by atoms with E-state index >= 15 is 0 Å². The number of nitrogens with zero attached hydrogens (tertiary/aromatic N) is 3. The first-order valence-electron chi connectivity index (χ1n) is 6.98. The zero-order chi connectivity index (χ0) is 13.0. The predicted molar refractivity (Wildman–Crippen MR) is 78.2 cm³/mol. The minimum Gasteiger partial charge on any atom is -0.311 e. The van der Waals surface area contributed by atoms with Crippen LogP contribution in [-0.4, -0.2) is 26.8 Å². The first kappa shape index (κ1) is 11.9. The predicted octanol–water partition coefficient (Wildman–Crippen LogP) is 2.96. The van der Waals surface area contributed by atoms with E-state index in [0.717, 1.165) is 15.7 Å². The van der Waals surface area contributed by atoms with Crippen LogP contribution < -0.4 is 5.32 Å². The summed E-state index contributed by atoms with van der Waals surface area (Å²) in [5, 5.41) is 9.59. The van der Waals surface area contributed by atoms with Gasteiger partial charge in [0.2, 0.25) is 0 Å². The van der Waals surface area contributed by atoms with Crippen LogP contribution in [0.2, 0.25) is 0 Å². The van der Waals surface area contributed by atoms with E-state index in [1.54, 1.807) is 0 Å². The Hall–Kier alpha value is -0.940. The van der Waals surface area contributed by atoms with Gasteiger partial charge in [-0.15, -0.1) is 0 Å². The molecule has 5 heteroatoms. The van der Waals surface area contributed by atoms with E-state index in [-0.39, 0.29) is 0 Å². The van der Waals surface area contributed by atoms with Gasteiger partial charge in [0.15, 0.2) is 0 Å². The SMILES string of the molecule is Cc1nccc2c1c(Br)nn2C1C[C@H]2CC[C@@H](C1)N2. The highest BCUT2D eigenvalue weighted by atomic mass is 79.9. The van der Waals surface area contributed by atoms with E-state index in [4.69, 9.17) is 5.10 Å². The van der Waals surface area contributed by atoms with Crippen LogP contribution in [-0.2, 0) is 0 Å². The fourth-order valence-electron chi connectivity index (χ4n) is 3.70. The van der Waals surface area contributed by atoms with Crippen molar-refractivity contribution >= 4 is 26.8 Å². The molecule has 2 saturated heterocycles. The fraction of sp³-hybridized carbons (Fsp3) is 0.571. The Bertz CT molecular complexity index is 624. The van der Waals surface area contributed by atoms with Gasteiger partial charge >= 0.3 is 0 Å². The third-order valence-corrected chi connectivity index (χ3v) is 5.12. The Labute approximate surface area is 120 Å². The molecule has 4 heterocycles. The summed E-state index contributed by atoms with van der Waals surface area (Å²) >= 11 is 3.59. The first-order chi connectivity index (χ1) is 9.22.